The van der Waals surface area contributed by atoms with Crippen LogP contribution in [0.25, 0.3) is 0 Å². The Morgan fingerprint density at radius 1 is 1.46 bits per heavy atom. The quantitative estimate of drug-likeness (QED) is 0.692. The molecule has 4 heteroatoms. The molecule has 0 aromatic heterocycles. The standard InChI is InChI=1S/C9H12O4/c1-5-2-3-6(4-7(10)11)8(5)9(12)13/h5H,2-4H2,1H3,(H,10,11)(H,12,13)/t5-/m1/s1. The largest absolute Gasteiger partial charge is 0.481 e. The second kappa shape index (κ2) is 3.60. The van der Waals surface area contributed by atoms with Crippen LogP contribution in [-0.2, 0) is 9.59 Å². The first-order chi connectivity index (χ1) is 6.02. The highest BCUT2D eigenvalue weighted by atomic mass is 16.4. The highest BCUT2D eigenvalue weighted by Gasteiger charge is 2.27. The fourth-order valence-corrected chi connectivity index (χ4v) is 1.75. The third-order valence-corrected chi connectivity index (χ3v) is 2.35. The number of rotatable bonds is 3. The van der Waals surface area contributed by atoms with Gasteiger partial charge in [0.05, 0.1) is 6.42 Å². The van der Waals surface area contributed by atoms with E-state index in [1.165, 1.54) is 0 Å². The van der Waals surface area contributed by atoms with Gasteiger partial charge in [0.25, 0.3) is 0 Å². The Morgan fingerprint density at radius 3 is 2.54 bits per heavy atom. The molecular weight excluding hydrogens is 172 g/mol. The fraction of sp³-hybridized carbons (Fsp3) is 0.556. The Bertz CT molecular complexity index is 277. The predicted octanol–water partition coefficient (Wildman–Crippen LogP) is 1.27. The van der Waals surface area contributed by atoms with Gasteiger partial charge in [0, 0.05) is 5.57 Å². The van der Waals surface area contributed by atoms with E-state index in [1.807, 2.05) is 6.92 Å². The van der Waals surface area contributed by atoms with Gasteiger partial charge < -0.3 is 10.2 Å². The molecule has 0 aromatic rings. The summed E-state index contributed by atoms with van der Waals surface area (Å²) in [6.45, 7) is 1.82. The number of hydrogen-bond acceptors (Lipinski definition) is 2. The Kier molecular flexibility index (Phi) is 2.70. The fourth-order valence-electron chi connectivity index (χ4n) is 1.75. The van der Waals surface area contributed by atoms with Gasteiger partial charge in [-0.25, -0.2) is 4.79 Å². The van der Waals surface area contributed by atoms with Crippen molar-refractivity contribution in [3.8, 4) is 0 Å². The first kappa shape index (κ1) is 9.77. The van der Waals surface area contributed by atoms with Crippen LogP contribution in [0.3, 0.4) is 0 Å². The second-order valence-electron chi connectivity index (χ2n) is 3.33. The zero-order valence-corrected chi connectivity index (χ0v) is 7.41. The molecule has 1 aliphatic rings. The summed E-state index contributed by atoms with van der Waals surface area (Å²) in [6, 6.07) is 0. The molecule has 1 aliphatic carbocycles. The summed E-state index contributed by atoms with van der Waals surface area (Å²) < 4.78 is 0. The Balaban J connectivity index is 2.89. The molecule has 0 aliphatic heterocycles. The number of carboxylic acids is 2. The zero-order valence-electron chi connectivity index (χ0n) is 7.41. The summed E-state index contributed by atoms with van der Waals surface area (Å²) in [6.07, 6.45) is 1.23. The normalized spacial score (nSPS) is 22.1. The van der Waals surface area contributed by atoms with Crippen LogP contribution in [-0.4, -0.2) is 22.2 Å². The summed E-state index contributed by atoms with van der Waals surface area (Å²) in [5.41, 5.74) is 0.884. The molecular formula is C9H12O4. The van der Waals surface area contributed by atoms with Gasteiger partial charge in [-0.3, -0.25) is 4.79 Å². The van der Waals surface area contributed by atoms with E-state index < -0.39 is 11.9 Å². The molecule has 1 rings (SSSR count). The van der Waals surface area contributed by atoms with Crippen molar-refractivity contribution in [2.45, 2.75) is 26.2 Å². The molecule has 13 heavy (non-hydrogen) atoms. The Labute approximate surface area is 75.9 Å². The number of carboxylic acid groups (broad SMARTS) is 2. The van der Waals surface area contributed by atoms with Crippen LogP contribution in [0.1, 0.15) is 26.2 Å². The van der Waals surface area contributed by atoms with Crippen molar-refractivity contribution in [3.05, 3.63) is 11.1 Å². The van der Waals surface area contributed by atoms with Gasteiger partial charge in [-0.05, 0) is 24.3 Å². The van der Waals surface area contributed by atoms with Gasteiger partial charge in [-0.1, -0.05) is 6.92 Å². The van der Waals surface area contributed by atoms with Crippen molar-refractivity contribution in [2.75, 3.05) is 0 Å². The van der Waals surface area contributed by atoms with Crippen LogP contribution in [0.2, 0.25) is 0 Å². The van der Waals surface area contributed by atoms with Gasteiger partial charge in [-0.2, -0.15) is 0 Å². The SMILES string of the molecule is C[C@@H]1CCC(CC(=O)O)=C1C(=O)O. The van der Waals surface area contributed by atoms with Crippen LogP contribution in [0.15, 0.2) is 11.1 Å². The Hall–Kier alpha value is -1.32. The van der Waals surface area contributed by atoms with Gasteiger partial charge in [0.2, 0.25) is 0 Å². The lowest BCUT2D eigenvalue weighted by molar-refractivity contribution is -0.136. The number of carbonyl (C=O) groups is 2. The molecule has 72 valence electrons. The van der Waals surface area contributed by atoms with E-state index in [2.05, 4.69) is 0 Å². The predicted molar refractivity (Wildman–Crippen MR) is 45.3 cm³/mol. The molecule has 0 spiro atoms. The summed E-state index contributed by atoms with van der Waals surface area (Å²) >= 11 is 0. The van der Waals surface area contributed by atoms with E-state index in [-0.39, 0.29) is 12.3 Å². The minimum absolute atomic E-state index is 0.00755. The molecule has 0 saturated carbocycles. The molecule has 0 fully saturated rings. The van der Waals surface area contributed by atoms with E-state index in [0.717, 1.165) is 6.42 Å². The summed E-state index contributed by atoms with van der Waals surface area (Å²) in [5.74, 6) is -1.93. The van der Waals surface area contributed by atoms with Crippen LogP contribution >= 0.6 is 0 Å². The van der Waals surface area contributed by atoms with E-state index in [1.54, 1.807) is 0 Å². The molecule has 0 saturated heterocycles. The summed E-state index contributed by atoms with van der Waals surface area (Å²) in [4.78, 5) is 21.2. The lowest BCUT2D eigenvalue weighted by atomic mass is 10.0. The average molecular weight is 184 g/mol. The minimum atomic E-state index is -0.971. The lowest BCUT2D eigenvalue weighted by Crippen LogP contribution is -2.08. The van der Waals surface area contributed by atoms with Gasteiger partial charge >= 0.3 is 11.9 Å². The molecule has 0 bridgehead atoms. The van der Waals surface area contributed by atoms with Gasteiger partial charge in [-0.15, -0.1) is 0 Å². The van der Waals surface area contributed by atoms with E-state index in [4.69, 9.17) is 10.2 Å². The first-order valence-corrected chi connectivity index (χ1v) is 4.19. The van der Waals surface area contributed by atoms with E-state index in [0.29, 0.717) is 17.6 Å². The molecule has 0 heterocycles. The molecule has 0 amide bonds. The van der Waals surface area contributed by atoms with Crippen molar-refractivity contribution in [2.24, 2.45) is 5.92 Å². The van der Waals surface area contributed by atoms with Crippen molar-refractivity contribution in [1.82, 2.24) is 0 Å². The summed E-state index contributed by atoms with van der Waals surface area (Å²) in [5, 5.41) is 17.3. The van der Waals surface area contributed by atoms with Crippen LogP contribution < -0.4 is 0 Å². The molecule has 0 radical (unpaired) electrons. The molecule has 4 nitrogen and oxygen atoms in total. The number of hydrogen-bond donors (Lipinski definition) is 2. The maximum absolute atomic E-state index is 10.8. The van der Waals surface area contributed by atoms with E-state index in [9.17, 15) is 9.59 Å². The first-order valence-electron chi connectivity index (χ1n) is 4.19. The maximum atomic E-state index is 10.8. The smallest absolute Gasteiger partial charge is 0.331 e. The maximum Gasteiger partial charge on any atom is 0.331 e. The summed E-state index contributed by atoms with van der Waals surface area (Å²) in [7, 11) is 0. The third-order valence-electron chi connectivity index (χ3n) is 2.35. The zero-order chi connectivity index (χ0) is 10.0. The van der Waals surface area contributed by atoms with Crippen LogP contribution in [0, 0.1) is 5.92 Å². The van der Waals surface area contributed by atoms with Gasteiger partial charge in [0.15, 0.2) is 0 Å². The molecule has 1 atom stereocenters. The Morgan fingerprint density at radius 2 is 2.08 bits per heavy atom. The third kappa shape index (κ3) is 2.08. The van der Waals surface area contributed by atoms with Crippen LogP contribution in [0.5, 0.6) is 0 Å². The van der Waals surface area contributed by atoms with Gasteiger partial charge in [0.1, 0.15) is 0 Å². The highest BCUT2D eigenvalue weighted by Crippen LogP contribution is 2.33. The van der Waals surface area contributed by atoms with Crippen LogP contribution in [0.4, 0.5) is 0 Å². The average Bonchev–Trinajstić information content (AvgIpc) is 2.30. The van der Waals surface area contributed by atoms with Crippen molar-refractivity contribution in [3.63, 3.8) is 0 Å². The molecule has 0 aromatic carbocycles. The van der Waals surface area contributed by atoms with Crippen molar-refractivity contribution >= 4 is 11.9 Å². The topological polar surface area (TPSA) is 74.6 Å². The molecule has 2 N–H and O–H groups in total. The number of aliphatic carboxylic acids is 2. The van der Waals surface area contributed by atoms with Crippen molar-refractivity contribution in [1.29, 1.82) is 0 Å². The lowest BCUT2D eigenvalue weighted by Gasteiger charge is -2.03. The van der Waals surface area contributed by atoms with Crippen molar-refractivity contribution < 1.29 is 19.8 Å². The van der Waals surface area contributed by atoms with E-state index >= 15 is 0 Å². The second-order valence-corrected chi connectivity index (χ2v) is 3.33. The molecule has 0 unspecified atom stereocenters. The monoisotopic (exact) mass is 184 g/mol. The highest BCUT2D eigenvalue weighted by molar-refractivity contribution is 5.90. The minimum Gasteiger partial charge on any atom is -0.481 e.